The van der Waals surface area contributed by atoms with Gasteiger partial charge in [0, 0.05) is 19.9 Å². The number of nitrogens with one attached hydrogen (secondary N) is 1. The predicted molar refractivity (Wildman–Crippen MR) is 115 cm³/mol. The molecule has 1 aliphatic heterocycles. The molecule has 1 aromatic heterocycles. The Bertz CT molecular complexity index is 786. The van der Waals surface area contributed by atoms with E-state index in [9.17, 15) is 0 Å². The van der Waals surface area contributed by atoms with Crippen molar-refractivity contribution in [2.75, 3.05) is 38.3 Å². The van der Waals surface area contributed by atoms with Crippen LogP contribution >= 0.6 is 0 Å². The monoisotopic (exact) mass is 379 g/mol. The zero-order valence-corrected chi connectivity index (χ0v) is 16.5. The minimum atomic E-state index is 0.564. The Balaban J connectivity index is 1.59. The first-order valence-electron chi connectivity index (χ1n) is 9.77. The number of hydrogen-bond donors (Lipinski definition) is 2. The summed E-state index contributed by atoms with van der Waals surface area (Å²) in [4.78, 5) is 10.7. The molecule has 1 aliphatic rings. The Morgan fingerprint density at radius 2 is 1.96 bits per heavy atom. The van der Waals surface area contributed by atoms with Gasteiger partial charge in [0.15, 0.2) is 0 Å². The molecular formula is C22H29N5O. The maximum Gasteiger partial charge on any atom is 0.119 e. The van der Waals surface area contributed by atoms with Crippen molar-refractivity contribution in [1.29, 1.82) is 0 Å². The highest BCUT2D eigenvalue weighted by Gasteiger charge is 2.18. The van der Waals surface area contributed by atoms with Crippen LogP contribution in [-0.4, -0.2) is 44.2 Å². The molecule has 3 rings (SSSR count). The minimum Gasteiger partial charge on any atom is -0.386 e. The molecular weight excluding hydrogens is 350 g/mol. The van der Waals surface area contributed by atoms with E-state index in [2.05, 4.69) is 44.5 Å². The van der Waals surface area contributed by atoms with Crippen molar-refractivity contribution >= 4 is 17.2 Å². The van der Waals surface area contributed by atoms with E-state index in [0.717, 1.165) is 55.9 Å². The second kappa shape index (κ2) is 10.6. The number of ether oxygens (including phenoxy) is 1. The smallest absolute Gasteiger partial charge is 0.119 e. The van der Waals surface area contributed by atoms with Crippen LogP contribution in [0.1, 0.15) is 24.0 Å². The van der Waals surface area contributed by atoms with Crippen molar-refractivity contribution in [1.82, 2.24) is 10.3 Å². The van der Waals surface area contributed by atoms with Gasteiger partial charge in [-0.2, -0.15) is 0 Å². The number of rotatable bonds is 10. The summed E-state index contributed by atoms with van der Waals surface area (Å²) in [6, 6.07) is 12.7. The first-order valence-corrected chi connectivity index (χ1v) is 9.77. The van der Waals surface area contributed by atoms with Gasteiger partial charge in [0.25, 0.3) is 0 Å². The molecule has 28 heavy (non-hydrogen) atoms. The van der Waals surface area contributed by atoms with Crippen molar-refractivity contribution in [3.8, 4) is 0 Å². The first kappa shape index (κ1) is 20.0. The maximum absolute atomic E-state index is 5.96. The Kier molecular flexibility index (Phi) is 7.58. The second-order valence-electron chi connectivity index (χ2n) is 6.83. The molecule has 0 saturated heterocycles. The third-order valence-corrected chi connectivity index (χ3v) is 4.69. The number of aromatic nitrogens is 1. The van der Waals surface area contributed by atoms with Crippen molar-refractivity contribution in [3.63, 3.8) is 0 Å². The number of aliphatic imine (C=N–C) groups is 1. The summed E-state index contributed by atoms with van der Waals surface area (Å²) in [7, 11) is 1.74. The molecule has 3 N–H and O–H groups in total. The SMILES string of the molecule is COCCCNCCCc1ccc(C2=CN=C(N)CN2c2cccnc2)cc1. The van der Waals surface area contributed by atoms with Gasteiger partial charge in [0.2, 0.25) is 0 Å². The molecule has 0 amide bonds. The van der Waals surface area contributed by atoms with Crippen molar-refractivity contribution < 1.29 is 4.74 Å². The molecule has 1 aromatic carbocycles. The van der Waals surface area contributed by atoms with Crippen molar-refractivity contribution in [2.45, 2.75) is 19.3 Å². The Morgan fingerprint density at radius 3 is 2.71 bits per heavy atom. The van der Waals surface area contributed by atoms with E-state index in [1.54, 1.807) is 13.3 Å². The zero-order valence-electron chi connectivity index (χ0n) is 16.5. The highest BCUT2D eigenvalue weighted by Crippen LogP contribution is 2.27. The average molecular weight is 380 g/mol. The summed E-state index contributed by atoms with van der Waals surface area (Å²) in [6.07, 6.45) is 8.70. The van der Waals surface area contributed by atoms with Crippen molar-refractivity contribution in [2.24, 2.45) is 10.7 Å². The van der Waals surface area contributed by atoms with Crippen LogP contribution in [0.4, 0.5) is 5.69 Å². The van der Waals surface area contributed by atoms with E-state index in [0.29, 0.717) is 12.4 Å². The van der Waals surface area contributed by atoms with Gasteiger partial charge < -0.3 is 20.7 Å². The molecule has 0 unspecified atom stereocenters. The topological polar surface area (TPSA) is 75.8 Å². The number of methoxy groups -OCH3 is 1. The highest BCUT2D eigenvalue weighted by molar-refractivity contribution is 5.94. The Labute approximate surface area is 167 Å². The van der Waals surface area contributed by atoms with Gasteiger partial charge in [-0.1, -0.05) is 24.3 Å². The van der Waals surface area contributed by atoms with Gasteiger partial charge in [0.1, 0.15) is 5.84 Å². The van der Waals surface area contributed by atoms with Gasteiger partial charge in [-0.05, 0) is 55.6 Å². The lowest BCUT2D eigenvalue weighted by atomic mass is 10.0. The van der Waals surface area contributed by atoms with E-state index < -0.39 is 0 Å². The summed E-state index contributed by atoms with van der Waals surface area (Å²) >= 11 is 0. The number of aryl methyl sites for hydroxylation is 1. The molecule has 0 radical (unpaired) electrons. The lowest BCUT2D eigenvalue weighted by Gasteiger charge is -2.29. The van der Waals surface area contributed by atoms with E-state index in [1.807, 2.05) is 24.5 Å². The lowest BCUT2D eigenvalue weighted by molar-refractivity contribution is 0.194. The van der Waals surface area contributed by atoms with Crippen LogP contribution in [0.5, 0.6) is 0 Å². The molecule has 2 aromatic rings. The van der Waals surface area contributed by atoms with E-state index in [-0.39, 0.29) is 0 Å². The molecule has 0 fully saturated rings. The third-order valence-electron chi connectivity index (χ3n) is 4.69. The van der Waals surface area contributed by atoms with Crippen LogP contribution in [0.2, 0.25) is 0 Å². The largest absolute Gasteiger partial charge is 0.386 e. The molecule has 0 saturated carbocycles. The highest BCUT2D eigenvalue weighted by atomic mass is 16.5. The number of anilines is 1. The van der Waals surface area contributed by atoms with Crippen LogP contribution in [0.15, 0.2) is 60.0 Å². The van der Waals surface area contributed by atoms with Crippen LogP contribution in [-0.2, 0) is 11.2 Å². The van der Waals surface area contributed by atoms with Crippen LogP contribution in [0.25, 0.3) is 5.70 Å². The minimum absolute atomic E-state index is 0.564. The number of pyridine rings is 1. The van der Waals surface area contributed by atoms with E-state index in [4.69, 9.17) is 10.5 Å². The fourth-order valence-electron chi connectivity index (χ4n) is 3.20. The quantitative estimate of drug-likeness (QED) is 0.621. The summed E-state index contributed by atoms with van der Waals surface area (Å²) in [5, 5.41) is 3.45. The normalized spacial score (nSPS) is 14.0. The Morgan fingerprint density at radius 1 is 1.14 bits per heavy atom. The summed E-state index contributed by atoms with van der Waals surface area (Å²) in [5.41, 5.74) is 10.5. The summed E-state index contributed by atoms with van der Waals surface area (Å²) < 4.78 is 5.05. The average Bonchev–Trinajstić information content (AvgIpc) is 2.74. The van der Waals surface area contributed by atoms with Gasteiger partial charge >= 0.3 is 0 Å². The first-order chi connectivity index (χ1) is 13.8. The van der Waals surface area contributed by atoms with Gasteiger partial charge in [-0.15, -0.1) is 0 Å². The van der Waals surface area contributed by atoms with Gasteiger partial charge in [-0.25, -0.2) is 4.99 Å². The fraction of sp³-hybridized carbons (Fsp3) is 0.364. The maximum atomic E-state index is 5.96. The fourth-order valence-corrected chi connectivity index (χ4v) is 3.20. The Hall–Kier alpha value is -2.70. The number of amidine groups is 1. The van der Waals surface area contributed by atoms with Crippen LogP contribution < -0.4 is 16.0 Å². The molecule has 0 bridgehead atoms. The third kappa shape index (κ3) is 5.65. The predicted octanol–water partition coefficient (Wildman–Crippen LogP) is 2.82. The van der Waals surface area contributed by atoms with Crippen LogP contribution in [0, 0.1) is 0 Å². The molecule has 0 spiro atoms. The summed E-state index contributed by atoms with van der Waals surface area (Å²) in [5.74, 6) is 0.599. The van der Waals surface area contributed by atoms with E-state index >= 15 is 0 Å². The number of nitrogens with two attached hydrogens (primary N) is 1. The molecule has 2 heterocycles. The molecule has 0 atom stereocenters. The van der Waals surface area contributed by atoms with Crippen LogP contribution in [0.3, 0.4) is 0 Å². The van der Waals surface area contributed by atoms with Crippen molar-refractivity contribution in [3.05, 3.63) is 66.1 Å². The zero-order chi connectivity index (χ0) is 19.6. The molecule has 148 valence electrons. The van der Waals surface area contributed by atoms with E-state index in [1.165, 1.54) is 5.56 Å². The number of nitrogens with zero attached hydrogens (tertiary/aromatic N) is 3. The molecule has 6 heteroatoms. The standard InChI is InChI=1S/C22H29N5O/c1-28-14-4-13-24-11-2-5-18-7-9-19(10-8-18)21-16-26-22(23)17-27(21)20-6-3-12-25-15-20/h3,6-10,12,15-16,24H,2,4-5,11,13-14,17H2,1H3,(H2,23,26). The van der Waals surface area contributed by atoms with Gasteiger partial charge in [-0.3, -0.25) is 4.98 Å². The second-order valence-corrected chi connectivity index (χ2v) is 6.83. The number of benzene rings is 1. The van der Waals surface area contributed by atoms with Gasteiger partial charge in [0.05, 0.1) is 30.3 Å². The molecule has 0 aliphatic carbocycles. The number of hydrogen-bond acceptors (Lipinski definition) is 6. The lowest BCUT2D eigenvalue weighted by Crippen LogP contribution is -2.35. The molecule has 6 nitrogen and oxygen atoms in total. The summed E-state index contributed by atoms with van der Waals surface area (Å²) in [6.45, 7) is 3.41.